The van der Waals surface area contributed by atoms with Gasteiger partial charge < -0.3 is 19.5 Å². The van der Waals surface area contributed by atoms with Gasteiger partial charge in [0.1, 0.15) is 5.75 Å². The SMILES string of the molecule is COC(=O)c1ccc(OC)c(C2COCCCN2)c1. The molecule has 0 bridgehead atoms. The number of nitrogens with one attached hydrogen (secondary N) is 1. The van der Waals surface area contributed by atoms with E-state index in [0.717, 1.165) is 30.9 Å². The lowest BCUT2D eigenvalue weighted by Gasteiger charge is -2.19. The summed E-state index contributed by atoms with van der Waals surface area (Å²) in [7, 11) is 2.99. The van der Waals surface area contributed by atoms with E-state index < -0.39 is 0 Å². The smallest absolute Gasteiger partial charge is 0.337 e. The molecule has 0 saturated carbocycles. The maximum Gasteiger partial charge on any atom is 0.337 e. The molecule has 1 aliphatic heterocycles. The highest BCUT2D eigenvalue weighted by Gasteiger charge is 2.20. The minimum atomic E-state index is -0.349. The largest absolute Gasteiger partial charge is 0.496 e. The normalized spacial score (nSPS) is 19.6. The molecule has 19 heavy (non-hydrogen) atoms. The molecule has 1 aromatic carbocycles. The molecular weight excluding hydrogens is 246 g/mol. The summed E-state index contributed by atoms with van der Waals surface area (Å²) in [5.41, 5.74) is 1.44. The third kappa shape index (κ3) is 3.24. The monoisotopic (exact) mass is 265 g/mol. The fourth-order valence-electron chi connectivity index (χ4n) is 2.16. The predicted octanol–water partition coefficient (Wildman–Crippen LogP) is 1.53. The molecule has 1 aliphatic rings. The van der Waals surface area contributed by atoms with Crippen LogP contribution in [0.4, 0.5) is 0 Å². The summed E-state index contributed by atoms with van der Waals surface area (Å²) in [5.74, 6) is 0.397. The average molecular weight is 265 g/mol. The Hall–Kier alpha value is -1.59. The van der Waals surface area contributed by atoms with Gasteiger partial charge in [-0.05, 0) is 31.2 Å². The first-order chi connectivity index (χ1) is 9.26. The Balaban J connectivity index is 2.31. The molecular formula is C14H19NO4. The first kappa shape index (κ1) is 13.8. The minimum Gasteiger partial charge on any atom is -0.496 e. The van der Waals surface area contributed by atoms with Gasteiger partial charge in [0.05, 0.1) is 32.4 Å². The minimum absolute atomic E-state index is 0.0297. The fourth-order valence-corrected chi connectivity index (χ4v) is 2.16. The van der Waals surface area contributed by atoms with Crippen molar-refractivity contribution in [3.8, 4) is 5.75 Å². The Kier molecular flexibility index (Phi) is 4.76. The summed E-state index contributed by atoms with van der Waals surface area (Å²) in [6.07, 6.45) is 0.982. The lowest BCUT2D eigenvalue weighted by atomic mass is 10.0. The maximum absolute atomic E-state index is 11.6. The summed E-state index contributed by atoms with van der Waals surface area (Å²) in [4.78, 5) is 11.6. The molecule has 1 saturated heterocycles. The number of esters is 1. The van der Waals surface area contributed by atoms with Gasteiger partial charge in [-0.15, -0.1) is 0 Å². The van der Waals surface area contributed by atoms with Crippen molar-refractivity contribution in [1.29, 1.82) is 0 Å². The van der Waals surface area contributed by atoms with Crippen LogP contribution in [0, 0.1) is 0 Å². The molecule has 104 valence electrons. The van der Waals surface area contributed by atoms with Crippen molar-refractivity contribution >= 4 is 5.97 Å². The van der Waals surface area contributed by atoms with Gasteiger partial charge in [-0.2, -0.15) is 0 Å². The van der Waals surface area contributed by atoms with Crippen molar-refractivity contribution in [3.63, 3.8) is 0 Å². The van der Waals surface area contributed by atoms with E-state index >= 15 is 0 Å². The van der Waals surface area contributed by atoms with Gasteiger partial charge in [0, 0.05) is 12.2 Å². The molecule has 1 aromatic rings. The zero-order valence-electron chi connectivity index (χ0n) is 11.3. The molecule has 0 spiro atoms. The third-order valence-electron chi connectivity index (χ3n) is 3.17. The zero-order valence-corrected chi connectivity index (χ0v) is 11.3. The second-order valence-corrected chi connectivity index (χ2v) is 4.38. The standard InChI is InChI=1S/C14H19NO4/c1-17-13-5-4-10(14(16)18-2)8-11(13)12-9-19-7-3-6-15-12/h4-5,8,12,15H,3,6-7,9H2,1-2H3. The Labute approximate surface area is 112 Å². The Morgan fingerprint density at radius 3 is 3.00 bits per heavy atom. The summed E-state index contributed by atoms with van der Waals surface area (Å²) in [5, 5.41) is 3.40. The van der Waals surface area contributed by atoms with E-state index in [0.29, 0.717) is 12.2 Å². The van der Waals surface area contributed by atoms with Gasteiger partial charge in [-0.3, -0.25) is 0 Å². The van der Waals surface area contributed by atoms with Crippen LogP contribution < -0.4 is 10.1 Å². The predicted molar refractivity (Wildman–Crippen MR) is 70.5 cm³/mol. The van der Waals surface area contributed by atoms with Gasteiger partial charge in [0.25, 0.3) is 0 Å². The molecule has 0 aromatic heterocycles. The second kappa shape index (κ2) is 6.54. The van der Waals surface area contributed by atoms with E-state index in [9.17, 15) is 4.79 Å². The van der Waals surface area contributed by atoms with Crippen LogP contribution in [0.1, 0.15) is 28.4 Å². The number of carbonyl (C=O) groups is 1. The summed E-state index contributed by atoms with van der Waals surface area (Å²) in [6, 6.07) is 5.32. The molecule has 0 aliphatic carbocycles. The molecule has 2 rings (SSSR count). The molecule has 5 nitrogen and oxygen atoms in total. The van der Waals surface area contributed by atoms with Crippen LogP contribution >= 0.6 is 0 Å². The van der Waals surface area contributed by atoms with E-state index in [1.54, 1.807) is 25.3 Å². The molecule has 1 heterocycles. The van der Waals surface area contributed by atoms with Gasteiger partial charge in [-0.1, -0.05) is 0 Å². The Morgan fingerprint density at radius 2 is 2.26 bits per heavy atom. The van der Waals surface area contributed by atoms with Crippen LogP contribution in [0.3, 0.4) is 0 Å². The number of methoxy groups -OCH3 is 2. The summed E-state index contributed by atoms with van der Waals surface area (Å²) >= 11 is 0. The molecule has 0 amide bonds. The topological polar surface area (TPSA) is 56.8 Å². The number of benzene rings is 1. The molecule has 1 fully saturated rings. The number of hydrogen-bond donors (Lipinski definition) is 1. The van der Waals surface area contributed by atoms with Crippen molar-refractivity contribution in [2.75, 3.05) is 34.0 Å². The third-order valence-corrected chi connectivity index (χ3v) is 3.17. The average Bonchev–Trinajstić information content (AvgIpc) is 2.74. The first-order valence-electron chi connectivity index (χ1n) is 6.33. The van der Waals surface area contributed by atoms with Crippen molar-refractivity contribution in [1.82, 2.24) is 5.32 Å². The van der Waals surface area contributed by atoms with E-state index in [1.807, 2.05) is 0 Å². The molecule has 1 unspecified atom stereocenters. The van der Waals surface area contributed by atoms with Crippen molar-refractivity contribution in [2.45, 2.75) is 12.5 Å². The van der Waals surface area contributed by atoms with Crippen LogP contribution in [0.25, 0.3) is 0 Å². The van der Waals surface area contributed by atoms with Crippen molar-refractivity contribution in [3.05, 3.63) is 29.3 Å². The van der Waals surface area contributed by atoms with Crippen molar-refractivity contribution < 1.29 is 19.0 Å². The summed E-state index contributed by atoms with van der Waals surface area (Å²) < 4.78 is 15.7. The molecule has 5 heteroatoms. The number of rotatable bonds is 3. The van der Waals surface area contributed by atoms with Crippen LogP contribution in [0.2, 0.25) is 0 Å². The van der Waals surface area contributed by atoms with Gasteiger partial charge >= 0.3 is 5.97 Å². The highest BCUT2D eigenvalue weighted by molar-refractivity contribution is 5.89. The van der Waals surface area contributed by atoms with Gasteiger partial charge in [0.15, 0.2) is 0 Å². The number of hydrogen-bond acceptors (Lipinski definition) is 5. The van der Waals surface area contributed by atoms with Crippen LogP contribution in [-0.4, -0.2) is 39.9 Å². The zero-order chi connectivity index (χ0) is 13.7. The van der Waals surface area contributed by atoms with E-state index in [-0.39, 0.29) is 12.0 Å². The molecule has 1 atom stereocenters. The summed E-state index contributed by atoms with van der Waals surface area (Å²) in [6.45, 7) is 2.21. The molecule has 1 N–H and O–H groups in total. The van der Waals surface area contributed by atoms with Crippen LogP contribution in [-0.2, 0) is 9.47 Å². The van der Waals surface area contributed by atoms with Gasteiger partial charge in [-0.25, -0.2) is 4.79 Å². The van der Waals surface area contributed by atoms with Crippen LogP contribution in [0.15, 0.2) is 18.2 Å². The highest BCUT2D eigenvalue weighted by Crippen LogP contribution is 2.27. The van der Waals surface area contributed by atoms with E-state index in [1.165, 1.54) is 7.11 Å². The van der Waals surface area contributed by atoms with Crippen molar-refractivity contribution in [2.24, 2.45) is 0 Å². The molecule has 0 radical (unpaired) electrons. The number of carbonyl (C=O) groups excluding carboxylic acids is 1. The van der Waals surface area contributed by atoms with E-state index in [2.05, 4.69) is 5.32 Å². The van der Waals surface area contributed by atoms with Gasteiger partial charge in [0.2, 0.25) is 0 Å². The van der Waals surface area contributed by atoms with Crippen LogP contribution in [0.5, 0.6) is 5.75 Å². The maximum atomic E-state index is 11.6. The quantitative estimate of drug-likeness (QED) is 0.840. The fraction of sp³-hybridized carbons (Fsp3) is 0.500. The second-order valence-electron chi connectivity index (χ2n) is 4.38. The lowest BCUT2D eigenvalue weighted by molar-refractivity contribution is 0.0600. The highest BCUT2D eigenvalue weighted by atomic mass is 16.5. The Morgan fingerprint density at radius 1 is 1.42 bits per heavy atom. The lowest BCUT2D eigenvalue weighted by Crippen LogP contribution is -2.24. The Bertz CT molecular complexity index is 439. The first-order valence-corrected chi connectivity index (χ1v) is 6.33. The number of ether oxygens (including phenoxy) is 3. The van der Waals surface area contributed by atoms with E-state index in [4.69, 9.17) is 14.2 Å².